The van der Waals surface area contributed by atoms with E-state index < -0.39 is 25.4 Å². The maximum absolute atomic E-state index is 12.0. The first-order valence-electron chi connectivity index (χ1n) is 8.51. The van der Waals surface area contributed by atoms with Gasteiger partial charge in [-0.25, -0.2) is 0 Å². The van der Waals surface area contributed by atoms with Crippen molar-refractivity contribution >= 4 is 67.9 Å². The van der Waals surface area contributed by atoms with Crippen molar-refractivity contribution in [1.29, 1.82) is 0 Å². The minimum atomic E-state index is -4.19. The molecule has 0 aromatic heterocycles. The zero-order valence-electron chi connectivity index (χ0n) is 16.4. The molecule has 0 aliphatic heterocycles. The summed E-state index contributed by atoms with van der Waals surface area (Å²) in [5.74, 6) is 0. The fourth-order valence-electron chi connectivity index (χ4n) is 2.01. The van der Waals surface area contributed by atoms with E-state index >= 15 is 0 Å². The summed E-state index contributed by atoms with van der Waals surface area (Å²) in [7, 11) is 0. The standard InChI is InChI=1S/C15H30F6N4.CH4.4BrH/c1-12(24-10-14(16,17)18)4-8-22-6-3-7-23-9-5-13(2)25-11-15(19,20)21;;;;;/h12-13,22-25H,3-11H2,1-2H3;1H4;4*1H. The van der Waals surface area contributed by atoms with Crippen LogP contribution in [0, 0.1) is 0 Å². The first-order chi connectivity index (χ1) is 11.5. The number of nitrogens with one attached hydrogen (secondary N) is 4. The smallest absolute Gasteiger partial charge is 0.317 e. The SMILES string of the molecule is Br.Br.Br.Br.C.CC(CCNCCCNCCC(C)NCC(F)(F)F)NCC(F)(F)F. The van der Waals surface area contributed by atoms with Crippen LogP contribution in [0.4, 0.5) is 26.3 Å². The molecule has 0 amide bonds. The molecule has 2 atom stereocenters. The third-order valence-electron chi connectivity index (χ3n) is 3.52. The van der Waals surface area contributed by atoms with Gasteiger partial charge in [0.25, 0.3) is 0 Å². The molecule has 0 aliphatic rings. The Labute approximate surface area is 218 Å². The monoisotopic (exact) mass is 716 g/mol. The molecule has 0 aromatic carbocycles. The zero-order valence-corrected chi connectivity index (χ0v) is 23.3. The lowest BCUT2D eigenvalue weighted by atomic mass is 10.2. The van der Waals surface area contributed by atoms with Crippen LogP contribution in [0.15, 0.2) is 0 Å². The van der Waals surface area contributed by atoms with Crippen LogP contribution in [-0.4, -0.2) is 63.7 Å². The Hall–Kier alpha value is 1.34. The van der Waals surface area contributed by atoms with Crippen LogP contribution >= 0.6 is 67.9 Å². The zero-order chi connectivity index (χ0) is 19.3. The number of hydrogen-bond acceptors (Lipinski definition) is 4. The van der Waals surface area contributed by atoms with Crippen molar-refractivity contribution in [2.45, 2.75) is 65.0 Å². The highest BCUT2D eigenvalue weighted by Crippen LogP contribution is 2.13. The van der Waals surface area contributed by atoms with Crippen LogP contribution in [0.1, 0.15) is 40.5 Å². The molecule has 0 aromatic rings. The van der Waals surface area contributed by atoms with Gasteiger partial charge in [-0.2, -0.15) is 26.3 Å². The number of alkyl halides is 6. The highest BCUT2D eigenvalue weighted by Gasteiger charge is 2.27. The van der Waals surface area contributed by atoms with Gasteiger partial charge in [-0.1, -0.05) is 7.43 Å². The average molecular weight is 720 g/mol. The Morgan fingerprint density at radius 2 is 0.900 bits per heavy atom. The van der Waals surface area contributed by atoms with Crippen LogP contribution < -0.4 is 21.3 Å². The summed E-state index contributed by atoms with van der Waals surface area (Å²) in [6, 6.07) is -0.420. The van der Waals surface area contributed by atoms with Crippen molar-refractivity contribution in [3.63, 3.8) is 0 Å². The van der Waals surface area contributed by atoms with Crippen LogP contribution in [0.5, 0.6) is 0 Å². The lowest BCUT2D eigenvalue weighted by Gasteiger charge is -2.16. The number of rotatable bonds is 14. The average Bonchev–Trinajstić information content (AvgIpc) is 2.48. The Bertz CT molecular complexity index is 310. The fourth-order valence-corrected chi connectivity index (χ4v) is 2.01. The predicted octanol–water partition coefficient (Wildman–Crippen LogP) is 5.36. The van der Waals surface area contributed by atoms with E-state index in [2.05, 4.69) is 21.3 Å². The van der Waals surface area contributed by atoms with Crippen molar-refractivity contribution in [2.24, 2.45) is 0 Å². The van der Waals surface area contributed by atoms with Gasteiger partial charge >= 0.3 is 12.4 Å². The molecule has 0 bridgehead atoms. The van der Waals surface area contributed by atoms with E-state index in [1.165, 1.54) is 0 Å². The molecule has 30 heavy (non-hydrogen) atoms. The molecule has 2 unspecified atom stereocenters. The molecule has 0 saturated heterocycles. The van der Waals surface area contributed by atoms with Gasteiger partial charge in [0.05, 0.1) is 13.1 Å². The summed E-state index contributed by atoms with van der Waals surface area (Å²) >= 11 is 0. The Morgan fingerprint density at radius 1 is 0.600 bits per heavy atom. The molecule has 0 aliphatic carbocycles. The molecule has 0 fully saturated rings. The molecule has 0 radical (unpaired) electrons. The molecule has 192 valence electrons. The summed E-state index contributed by atoms with van der Waals surface area (Å²) in [5, 5.41) is 11.1. The fraction of sp³-hybridized carbons (Fsp3) is 1.00. The van der Waals surface area contributed by atoms with Gasteiger partial charge in [0, 0.05) is 12.1 Å². The van der Waals surface area contributed by atoms with Crippen molar-refractivity contribution in [1.82, 2.24) is 21.3 Å². The first kappa shape index (κ1) is 44.9. The second kappa shape index (κ2) is 25.0. The summed E-state index contributed by atoms with van der Waals surface area (Å²) in [6.45, 7) is 4.20. The highest BCUT2D eigenvalue weighted by molar-refractivity contribution is 8.93. The summed E-state index contributed by atoms with van der Waals surface area (Å²) in [5.41, 5.74) is 0. The molecule has 4 N–H and O–H groups in total. The van der Waals surface area contributed by atoms with Crippen LogP contribution in [0.25, 0.3) is 0 Å². The molecular weight excluding hydrogens is 682 g/mol. The molecular formula is C16H38Br4F6N4. The third kappa shape index (κ3) is 36.7. The van der Waals surface area contributed by atoms with Gasteiger partial charge in [-0.05, 0) is 59.3 Å². The van der Waals surface area contributed by atoms with E-state index in [9.17, 15) is 26.3 Å². The first-order valence-corrected chi connectivity index (χ1v) is 8.51. The van der Waals surface area contributed by atoms with Gasteiger partial charge in [-0.15, -0.1) is 67.9 Å². The Kier molecular flexibility index (Phi) is 37.4. The van der Waals surface area contributed by atoms with E-state index in [4.69, 9.17) is 0 Å². The number of hydrogen-bond donors (Lipinski definition) is 4. The second-order valence-electron chi connectivity index (χ2n) is 6.23. The molecule has 0 spiro atoms. The van der Waals surface area contributed by atoms with Crippen molar-refractivity contribution in [3.05, 3.63) is 0 Å². The van der Waals surface area contributed by atoms with E-state index in [1.54, 1.807) is 13.8 Å². The minimum Gasteiger partial charge on any atom is -0.317 e. The molecule has 14 heteroatoms. The van der Waals surface area contributed by atoms with Crippen LogP contribution in [0.2, 0.25) is 0 Å². The van der Waals surface area contributed by atoms with E-state index in [0.29, 0.717) is 25.9 Å². The van der Waals surface area contributed by atoms with Gasteiger partial charge in [-0.3, -0.25) is 0 Å². The Morgan fingerprint density at radius 3 is 1.17 bits per heavy atom. The van der Waals surface area contributed by atoms with Crippen molar-refractivity contribution < 1.29 is 26.3 Å². The molecule has 0 saturated carbocycles. The summed E-state index contributed by atoms with van der Waals surface area (Å²) in [6.07, 6.45) is -6.33. The quantitative estimate of drug-likeness (QED) is 0.144. The molecule has 0 rings (SSSR count). The molecule has 4 nitrogen and oxygen atoms in total. The third-order valence-corrected chi connectivity index (χ3v) is 3.52. The predicted molar refractivity (Wildman–Crippen MR) is 135 cm³/mol. The van der Waals surface area contributed by atoms with Gasteiger partial charge in [0.15, 0.2) is 0 Å². The van der Waals surface area contributed by atoms with Gasteiger partial charge in [0.2, 0.25) is 0 Å². The maximum Gasteiger partial charge on any atom is 0.401 e. The van der Waals surface area contributed by atoms with Crippen molar-refractivity contribution in [3.8, 4) is 0 Å². The minimum absolute atomic E-state index is 0. The molecule has 0 heterocycles. The van der Waals surface area contributed by atoms with E-state index in [1.807, 2.05) is 0 Å². The van der Waals surface area contributed by atoms with Gasteiger partial charge in [0.1, 0.15) is 0 Å². The van der Waals surface area contributed by atoms with E-state index in [-0.39, 0.29) is 87.4 Å². The Balaban J connectivity index is -0.000000288. The van der Waals surface area contributed by atoms with Crippen LogP contribution in [-0.2, 0) is 0 Å². The van der Waals surface area contributed by atoms with Gasteiger partial charge < -0.3 is 21.3 Å². The van der Waals surface area contributed by atoms with E-state index in [0.717, 1.165) is 19.5 Å². The lowest BCUT2D eigenvalue weighted by Crippen LogP contribution is -2.37. The largest absolute Gasteiger partial charge is 0.401 e. The normalized spacial score (nSPS) is 12.8. The second-order valence-corrected chi connectivity index (χ2v) is 6.23. The number of halogens is 10. The lowest BCUT2D eigenvalue weighted by molar-refractivity contribution is -0.126. The highest BCUT2D eigenvalue weighted by atomic mass is 79.9. The topological polar surface area (TPSA) is 48.1 Å². The van der Waals surface area contributed by atoms with Crippen molar-refractivity contribution in [2.75, 3.05) is 39.3 Å². The summed E-state index contributed by atoms with van der Waals surface area (Å²) in [4.78, 5) is 0. The maximum atomic E-state index is 12.0. The summed E-state index contributed by atoms with van der Waals surface area (Å²) < 4.78 is 72.1. The van der Waals surface area contributed by atoms with Crippen LogP contribution in [0.3, 0.4) is 0 Å².